The van der Waals surface area contributed by atoms with Crippen LogP contribution in [0.3, 0.4) is 0 Å². The number of hydrogen-bond acceptors (Lipinski definition) is 4. The summed E-state index contributed by atoms with van der Waals surface area (Å²) in [4.78, 5) is 25.5. The maximum absolute atomic E-state index is 12.6. The number of H-pyrrole nitrogens is 1. The van der Waals surface area contributed by atoms with E-state index < -0.39 is 11.7 Å². The van der Waals surface area contributed by atoms with Gasteiger partial charge in [-0.3, -0.25) is 4.99 Å². The van der Waals surface area contributed by atoms with Crippen LogP contribution in [0.25, 0.3) is 11.3 Å². The van der Waals surface area contributed by atoms with E-state index in [2.05, 4.69) is 86.9 Å². The van der Waals surface area contributed by atoms with Gasteiger partial charge in [-0.1, -0.05) is 65.5 Å². The molecule has 1 amide bonds. The molecule has 2 atom stereocenters. The molecule has 1 aromatic heterocycles. The molecule has 1 aliphatic heterocycles. The number of imidazole rings is 1. The molecule has 0 radical (unpaired) electrons. The highest BCUT2D eigenvalue weighted by Crippen LogP contribution is 2.33. The third-order valence-corrected chi connectivity index (χ3v) is 7.15. The van der Waals surface area contributed by atoms with Gasteiger partial charge in [0.1, 0.15) is 11.4 Å². The average molecular weight is 539 g/mol. The van der Waals surface area contributed by atoms with Crippen LogP contribution in [0.15, 0.2) is 53.7 Å². The van der Waals surface area contributed by atoms with Crippen LogP contribution in [-0.2, 0) is 11.2 Å². The van der Waals surface area contributed by atoms with Gasteiger partial charge in [0, 0.05) is 29.2 Å². The number of aromatic nitrogens is 2. The zero-order valence-corrected chi connectivity index (χ0v) is 25.3. The third-order valence-electron chi connectivity index (χ3n) is 7.15. The normalized spacial score (nSPS) is 14.6. The third kappa shape index (κ3) is 7.21. The van der Waals surface area contributed by atoms with Crippen LogP contribution in [0.4, 0.5) is 10.5 Å². The molecule has 3 aromatic rings. The first-order valence-electron chi connectivity index (χ1n) is 14.1. The molecule has 4 rings (SSSR count). The van der Waals surface area contributed by atoms with E-state index in [-0.39, 0.29) is 11.5 Å². The lowest BCUT2D eigenvalue weighted by Crippen LogP contribution is -2.50. The number of benzene rings is 2. The number of alkyl carbamates (subject to hydrolysis) is 1. The zero-order chi connectivity index (χ0) is 29.2. The number of ether oxygens (including phenoxy) is 1. The van der Waals surface area contributed by atoms with Crippen LogP contribution >= 0.6 is 0 Å². The Hall–Kier alpha value is -3.85. The number of carbonyl (C=O) groups excluding carboxylic acids is 1. The number of hydrogen-bond donors (Lipinski definition) is 2. The summed E-state index contributed by atoms with van der Waals surface area (Å²) in [5.41, 5.74) is 6.19. The van der Waals surface area contributed by atoms with Crippen molar-refractivity contribution in [1.29, 1.82) is 0 Å². The van der Waals surface area contributed by atoms with Gasteiger partial charge in [0.25, 0.3) is 0 Å². The smallest absolute Gasteiger partial charge is 0.408 e. The van der Waals surface area contributed by atoms with Crippen molar-refractivity contribution in [3.63, 3.8) is 0 Å². The second-order valence-corrected chi connectivity index (χ2v) is 13.1. The van der Waals surface area contributed by atoms with Crippen molar-refractivity contribution in [3.8, 4) is 23.1 Å². The van der Waals surface area contributed by atoms with Crippen LogP contribution < -0.4 is 5.32 Å². The minimum atomic E-state index is -0.560. The van der Waals surface area contributed by atoms with E-state index in [1.807, 2.05) is 51.2 Å². The fourth-order valence-electron chi connectivity index (χ4n) is 4.60. The van der Waals surface area contributed by atoms with Crippen molar-refractivity contribution >= 4 is 17.5 Å². The molecular weight excluding hydrogens is 496 g/mol. The number of nitrogens with one attached hydrogen (secondary N) is 2. The summed E-state index contributed by atoms with van der Waals surface area (Å²) in [7, 11) is 0. The van der Waals surface area contributed by atoms with Gasteiger partial charge >= 0.3 is 6.09 Å². The first-order valence-corrected chi connectivity index (χ1v) is 14.1. The molecule has 6 nitrogen and oxygen atoms in total. The number of amides is 1. The first kappa shape index (κ1) is 29.1. The molecular formula is C34H42N4O2. The summed E-state index contributed by atoms with van der Waals surface area (Å²) < 4.78 is 5.52. The summed E-state index contributed by atoms with van der Waals surface area (Å²) in [5.74, 6) is 8.52. The molecule has 0 saturated carbocycles. The average Bonchev–Trinajstić information content (AvgIpc) is 3.51. The molecule has 6 heteroatoms. The number of nitrogens with zero attached hydrogens (tertiary/aromatic N) is 2. The molecule has 2 aromatic carbocycles. The SMILES string of the molecule is CC(C)[C@H](C)c1ncc(-c2ccc(C#Cc3ccc4c(c3)CC([C@@H](NC(=O)OC(C)(C)C)C(C)(C)C)=N4)cc2)[nH]1. The second-order valence-electron chi connectivity index (χ2n) is 13.1. The molecule has 2 N–H and O–H groups in total. The highest BCUT2D eigenvalue weighted by Gasteiger charge is 2.34. The lowest BCUT2D eigenvalue weighted by molar-refractivity contribution is 0.0491. The molecule has 0 bridgehead atoms. The van der Waals surface area contributed by atoms with E-state index in [9.17, 15) is 4.79 Å². The van der Waals surface area contributed by atoms with Gasteiger partial charge in [0.05, 0.1) is 23.6 Å². The minimum absolute atomic E-state index is 0.225. The molecule has 0 aliphatic carbocycles. The van der Waals surface area contributed by atoms with Crippen LogP contribution in [0.2, 0.25) is 0 Å². The molecule has 210 valence electrons. The fraction of sp³-hybridized carbons (Fsp3) is 0.441. The van der Waals surface area contributed by atoms with Crippen molar-refractivity contribution in [2.24, 2.45) is 16.3 Å². The maximum atomic E-state index is 12.6. The van der Waals surface area contributed by atoms with Gasteiger partial charge < -0.3 is 15.0 Å². The van der Waals surface area contributed by atoms with Crippen LogP contribution in [0, 0.1) is 23.2 Å². The van der Waals surface area contributed by atoms with Gasteiger partial charge in [-0.2, -0.15) is 0 Å². The molecule has 0 unspecified atom stereocenters. The summed E-state index contributed by atoms with van der Waals surface area (Å²) in [6.45, 7) is 18.5. The van der Waals surface area contributed by atoms with Gasteiger partial charge in [0.15, 0.2) is 0 Å². The Morgan fingerprint density at radius 2 is 1.62 bits per heavy atom. The van der Waals surface area contributed by atoms with Crippen molar-refractivity contribution in [3.05, 3.63) is 71.2 Å². The Labute approximate surface area is 239 Å². The summed E-state index contributed by atoms with van der Waals surface area (Å²) in [6.07, 6.45) is 2.14. The Balaban J connectivity index is 1.45. The first-order chi connectivity index (χ1) is 18.7. The highest BCUT2D eigenvalue weighted by molar-refractivity contribution is 6.00. The lowest BCUT2D eigenvalue weighted by atomic mass is 9.82. The molecule has 40 heavy (non-hydrogen) atoms. The molecule has 0 saturated heterocycles. The minimum Gasteiger partial charge on any atom is -0.444 e. The molecule has 0 fully saturated rings. The number of carbonyl (C=O) groups is 1. The van der Waals surface area contributed by atoms with E-state index in [1.165, 1.54) is 0 Å². The van der Waals surface area contributed by atoms with E-state index in [0.717, 1.165) is 45.2 Å². The Kier molecular flexibility index (Phi) is 8.25. The van der Waals surface area contributed by atoms with Gasteiger partial charge in [-0.25, -0.2) is 9.78 Å². The Morgan fingerprint density at radius 3 is 2.25 bits per heavy atom. The molecule has 2 heterocycles. The number of aliphatic imine (C=N–C) groups is 1. The molecule has 0 spiro atoms. The van der Waals surface area contributed by atoms with Gasteiger partial charge in [-0.05, 0) is 73.6 Å². The van der Waals surface area contributed by atoms with Gasteiger partial charge in [0.2, 0.25) is 0 Å². The fourth-order valence-corrected chi connectivity index (χ4v) is 4.60. The Morgan fingerprint density at radius 1 is 0.975 bits per heavy atom. The second kappa shape index (κ2) is 11.3. The quantitative estimate of drug-likeness (QED) is 0.325. The topological polar surface area (TPSA) is 79.4 Å². The molecule has 1 aliphatic rings. The van der Waals surface area contributed by atoms with Crippen LogP contribution in [-0.4, -0.2) is 33.4 Å². The van der Waals surface area contributed by atoms with Gasteiger partial charge in [-0.15, -0.1) is 0 Å². The number of aromatic amines is 1. The maximum Gasteiger partial charge on any atom is 0.408 e. The van der Waals surface area contributed by atoms with Crippen LogP contribution in [0.1, 0.15) is 90.7 Å². The largest absolute Gasteiger partial charge is 0.444 e. The Bertz CT molecular complexity index is 1450. The summed E-state index contributed by atoms with van der Waals surface area (Å²) in [6, 6.07) is 14.1. The van der Waals surface area contributed by atoms with Crippen molar-refractivity contribution in [1.82, 2.24) is 15.3 Å². The number of rotatable bonds is 5. The standard InChI is InChI=1S/C34H42N4O2/c1-21(2)22(3)31-35-20-29(37-31)25-15-12-23(13-16-25)10-11-24-14-17-27-26(18-24)19-28(36-27)30(33(4,5)6)38-32(39)40-34(7,8)9/h12-18,20-22,30H,19H2,1-9H3,(H,35,37)(H,38,39)/t22-,30+/m0/s1. The van der Waals surface area contributed by atoms with Crippen molar-refractivity contribution in [2.45, 2.75) is 86.3 Å². The van der Waals surface area contributed by atoms with E-state index in [0.29, 0.717) is 18.3 Å². The summed E-state index contributed by atoms with van der Waals surface area (Å²) >= 11 is 0. The number of fused-ring (bicyclic) bond motifs is 1. The van der Waals surface area contributed by atoms with Crippen molar-refractivity contribution in [2.75, 3.05) is 0 Å². The van der Waals surface area contributed by atoms with E-state index in [1.54, 1.807) is 0 Å². The van der Waals surface area contributed by atoms with Crippen LogP contribution in [0.5, 0.6) is 0 Å². The van der Waals surface area contributed by atoms with E-state index in [4.69, 9.17) is 9.73 Å². The van der Waals surface area contributed by atoms with E-state index >= 15 is 0 Å². The zero-order valence-electron chi connectivity index (χ0n) is 25.3. The lowest BCUT2D eigenvalue weighted by Gasteiger charge is -2.32. The predicted molar refractivity (Wildman–Crippen MR) is 163 cm³/mol. The highest BCUT2D eigenvalue weighted by atomic mass is 16.6. The monoisotopic (exact) mass is 538 g/mol. The van der Waals surface area contributed by atoms with Crippen molar-refractivity contribution < 1.29 is 9.53 Å². The summed E-state index contributed by atoms with van der Waals surface area (Å²) in [5, 5.41) is 3.05. The predicted octanol–water partition coefficient (Wildman–Crippen LogP) is 7.80.